The topological polar surface area (TPSA) is 62.3 Å². The number of aryl methyl sites for hydroxylation is 1. The van der Waals surface area contributed by atoms with Crippen molar-refractivity contribution in [2.75, 3.05) is 12.4 Å². The minimum Gasteiger partial charge on any atom is -0.336 e. The monoisotopic (exact) mass is 439 g/mol. The van der Waals surface area contributed by atoms with Crippen molar-refractivity contribution < 1.29 is 14.0 Å². The van der Waals surface area contributed by atoms with E-state index >= 15 is 0 Å². The molecule has 1 aliphatic heterocycles. The van der Waals surface area contributed by atoms with E-state index in [1.807, 2.05) is 19.1 Å². The number of carbonyl (C=O) groups excluding carboxylic acids is 2. The van der Waals surface area contributed by atoms with Crippen LogP contribution in [0.4, 0.5) is 10.2 Å². The molecule has 1 aromatic rings. The second-order valence-electron chi connectivity index (χ2n) is 11.1. The van der Waals surface area contributed by atoms with Gasteiger partial charge in [-0.1, -0.05) is 19.9 Å². The number of pyridine rings is 1. The molecular weight excluding hydrogens is 405 g/mol. The first-order valence-electron chi connectivity index (χ1n) is 12.0. The van der Waals surface area contributed by atoms with E-state index in [0.717, 1.165) is 44.1 Å². The fourth-order valence-corrected chi connectivity index (χ4v) is 8.02. The molecule has 2 amide bonds. The summed E-state index contributed by atoms with van der Waals surface area (Å²) in [5, 5.41) is 3.06. The Bertz CT molecular complexity index is 976. The Labute approximate surface area is 189 Å². The fourth-order valence-electron chi connectivity index (χ4n) is 8.02. The summed E-state index contributed by atoms with van der Waals surface area (Å²) in [6.07, 6.45) is 9.24. The summed E-state index contributed by atoms with van der Waals surface area (Å²) in [6, 6.07) is 3.89. The highest BCUT2D eigenvalue weighted by Gasteiger charge is 2.62. The molecule has 32 heavy (non-hydrogen) atoms. The molecule has 0 bridgehead atoms. The minimum atomic E-state index is -0.602. The Morgan fingerprint density at radius 1 is 1.16 bits per heavy atom. The van der Waals surface area contributed by atoms with Crippen molar-refractivity contribution in [2.45, 2.75) is 65.3 Å². The van der Waals surface area contributed by atoms with E-state index in [1.165, 1.54) is 0 Å². The van der Waals surface area contributed by atoms with E-state index in [-0.39, 0.29) is 28.7 Å². The van der Waals surface area contributed by atoms with Gasteiger partial charge in [0.05, 0.1) is 0 Å². The molecule has 0 aromatic carbocycles. The molecular formula is C26H34FN3O2. The molecule has 0 spiro atoms. The van der Waals surface area contributed by atoms with Crippen molar-refractivity contribution in [3.05, 3.63) is 35.8 Å². The number of carbonyl (C=O) groups is 2. The lowest BCUT2D eigenvalue weighted by Gasteiger charge is -2.60. The van der Waals surface area contributed by atoms with E-state index in [2.05, 4.69) is 24.1 Å². The SMILES string of the molecule is Cc1ccc(NC(=O)C2CC[C@H]3[C@@H]4CCC5N(C)C(=O)C(F)=C[C@]5(C)[C@@H]4CC[C@]23C)nc1. The lowest BCUT2D eigenvalue weighted by molar-refractivity contribution is -0.144. The normalized spacial score (nSPS) is 40.8. The third kappa shape index (κ3) is 3.05. The van der Waals surface area contributed by atoms with Gasteiger partial charge in [-0.2, -0.15) is 0 Å². The molecule has 2 heterocycles. The third-order valence-corrected chi connectivity index (χ3v) is 9.64. The van der Waals surface area contributed by atoms with Gasteiger partial charge in [-0.3, -0.25) is 9.59 Å². The van der Waals surface area contributed by atoms with Crippen molar-refractivity contribution in [1.29, 1.82) is 0 Å². The maximum atomic E-state index is 14.6. The molecule has 3 aliphatic carbocycles. The first kappa shape index (κ1) is 21.6. The molecule has 7 atom stereocenters. The van der Waals surface area contributed by atoms with Gasteiger partial charge in [-0.15, -0.1) is 0 Å². The Hall–Kier alpha value is -2.24. The number of fused-ring (bicyclic) bond motifs is 5. The van der Waals surface area contributed by atoms with Crippen LogP contribution in [0.1, 0.15) is 57.9 Å². The van der Waals surface area contributed by atoms with E-state index in [0.29, 0.717) is 23.6 Å². The minimum absolute atomic E-state index is 0.0232. The number of rotatable bonds is 2. The zero-order valence-corrected chi connectivity index (χ0v) is 19.5. The second kappa shape index (κ2) is 7.39. The molecule has 3 saturated carbocycles. The van der Waals surface area contributed by atoms with Crippen molar-refractivity contribution >= 4 is 17.6 Å². The van der Waals surface area contributed by atoms with Gasteiger partial charge in [0.2, 0.25) is 5.91 Å². The summed E-state index contributed by atoms with van der Waals surface area (Å²) in [6.45, 7) is 6.44. The zero-order valence-electron chi connectivity index (χ0n) is 19.5. The lowest BCUT2D eigenvalue weighted by atomic mass is 9.47. The smallest absolute Gasteiger partial charge is 0.282 e. The van der Waals surface area contributed by atoms with Crippen LogP contribution in [0.15, 0.2) is 30.2 Å². The number of nitrogens with zero attached hydrogens (tertiary/aromatic N) is 2. The quantitative estimate of drug-likeness (QED) is 0.714. The number of likely N-dealkylation sites (N-methyl/N-ethyl adjacent to an activating group) is 1. The van der Waals surface area contributed by atoms with Crippen LogP contribution >= 0.6 is 0 Å². The summed E-state index contributed by atoms with van der Waals surface area (Å²) in [7, 11) is 1.75. The van der Waals surface area contributed by atoms with Crippen LogP contribution in [-0.4, -0.2) is 34.8 Å². The maximum Gasteiger partial charge on any atom is 0.282 e. The molecule has 6 heteroatoms. The highest BCUT2D eigenvalue weighted by molar-refractivity contribution is 5.93. The maximum absolute atomic E-state index is 14.6. The molecule has 3 fully saturated rings. The second-order valence-corrected chi connectivity index (χ2v) is 11.1. The van der Waals surface area contributed by atoms with Crippen LogP contribution in [0.2, 0.25) is 0 Å². The number of halogens is 1. The standard InChI is InChI=1S/C26H34FN3O2/c1-15-5-10-22(28-14-15)29-23(31)19-8-7-17-16-6-9-21-26(3,13-20(27)24(32)30(21)4)18(16)11-12-25(17,19)2/h5,10,13-14,16-19,21H,6-9,11-12H2,1-4H3,(H,28,29,31)/t16-,17-,18+,19?,21?,25-,26+/m0/s1. The van der Waals surface area contributed by atoms with E-state index < -0.39 is 11.7 Å². The van der Waals surface area contributed by atoms with Crippen molar-refractivity contribution in [3.63, 3.8) is 0 Å². The van der Waals surface area contributed by atoms with Gasteiger partial charge in [-0.25, -0.2) is 9.37 Å². The molecule has 0 radical (unpaired) electrons. The average Bonchev–Trinajstić information content (AvgIpc) is 3.11. The van der Waals surface area contributed by atoms with Gasteiger partial charge in [0.15, 0.2) is 5.83 Å². The lowest BCUT2D eigenvalue weighted by Crippen LogP contribution is -2.60. The number of amides is 2. The predicted octanol–water partition coefficient (Wildman–Crippen LogP) is 4.88. The van der Waals surface area contributed by atoms with Gasteiger partial charge in [0.25, 0.3) is 5.91 Å². The van der Waals surface area contributed by atoms with Gasteiger partial charge < -0.3 is 10.2 Å². The van der Waals surface area contributed by atoms with Crippen LogP contribution in [0.3, 0.4) is 0 Å². The number of hydrogen-bond donors (Lipinski definition) is 1. The van der Waals surface area contributed by atoms with Crippen LogP contribution in [0.5, 0.6) is 0 Å². The van der Waals surface area contributed by atoms with Crippen molar-refractivity contribution in [2.24, 2.45) is 34.5 Å². The molecule has 5 rings (SSSR count). The van der Waals surface area contributed by atoms with E-state index in [9.17, 15) is 14.0 Å². The molecule has 0 saturated heterocycles. The molecule has 1 N–H and O–H groups in total. The van der Waals surface area contributed by atoms with Crippen molar-refractivity contribution in [1.82, 2.24) is 9.88 Å². The Kier molecular flexibility index (Phi) is 4.99. The van der Waals surface area contributed by atoms with Crippen LogP contribution in [-0.2, 0) is 9.59 Å². The number of hydrogen-bond acceptors (Lipinski definition) is 3. The van der Waals surface area contributed by atoms with E-state index in [1.54, 1.807) is 24.2 Å². The van der Waals surface area contributed by atoms with Gasteiger partial charge >= 0.3 is 0 Å². The van der Waals surface area contributed by atoms with Crippen LogP contribution in [0, 0.1) is 41.4 Å². The van der Waals surface area contributed by atoms with E-state index in [4.69, 9.17) is 0 Å². The first-order chi connectivity index (χ1) is 15.1. The molecule has 2 unspecified atom stereocenters. The average molecular weight is 440 g/mol. The third-order valence-electron chi connectivity index (χ3n) is 9.64. The van der Waals surface area contributed by atoms with Gasteiger partial charge in [0.1, 0.15) is 5.82 Å². The molecule has 5 nitrogen and oxygen atoms in total. The Morgan fingerprint density at radius 2 is 1.94 bits per heavy atom. The fraction of sp³-hybridized carbons (Fsp3) is 0.654. The van der Waals surface area contributed by atoms with Gasteiger partial charge in [0, 0.05) is 30.6 Å². The summed E-state index contributed by atoms with van der Waals surface area (Å²) in [5.41, 5.74) is 0.694. The number of aromatic nitrogens is 1. The highest BCUT2D eigenvalue weighted by Crippen LogP contribution is 2.65. The largest absolute Gasteiger partial charge is 0.336 e. The molecule has 1 aromatic heterocycles. The summed E-state index contributed by atoms with van der Waals surface area (Å²) in [5.74, 6) is 0.870. The summed E-state index contributed by atoms with van der Waals surface area (Å²) < 4.78 is 14.6. The van der Waals surface area contributed by atoms with Crippen LogP contribution < -0.4 is 5.32 Å². The Morgan fingerprint density at radius 3 is 2.66 bits per heavy atom. The predicted molar refractivity (Wildman–Crippen MR) is 121 cm³/mol. The number of anilines is 1. The molecule has 4 aliphatic rings. The van der Waals surface area contributed by atoms with Crippen LogP contribution in [0.25, 0.3) is 0 Å². The summed E-state index contributed by atoms with van der Waals surface area (Å²) >= 11 is 0. The summed E-state index contributed by atoms with van der Waals surface area (Å²) in [4.78, 5) is 31.5. The highest BCUT2D eigenvalue weighted by atomic mass is 19.1. The molecule has 172 valence electrons. The van der Waals surface area contributed by atoms with Gasteiger partial charge in [-0.05, 0) is 86.3 Å². The first-order valence-corrected chi connectivity index (χ1v) is 12.0. The number of nitrogens with one attached hydrogen (secondary N) is 1. The Balaban J connectivity index is 1.38. The zero-order chi connectivity index (χ0) is 22.8. The van der Waals surface area contributed by atoms with Crippen molar-refractivity contribution in [3.8, 4) is 0 Å².